The molecule has 4 aliphatic rings. The summed E-state index contributed by atoms with van der Waals surface area (Å²) >= 11 is 6.33. The molecule has 0 amide bonds. The van der Waals surface area contributed by atoms with Gasteiger partial charge in [-0.15, -0.1) is 11.6 Å². The van der Waals surface area contributed by atoms with Crippen LogP contribution in [0.5, 0.6) is 0 Å². The van der Waals surface area contributed by atoms with E-state index in [4.69, 9.17) is 11.6 Å². The van der Waals surface area contributed by atoms with Gasteiger partial charge >= 0.3 is 5.69 Å². The number of alkyl halides is 1. The summed E-state index contributed by atoms with van der Waals surface area (Å²) in [6, 6.07) is 10.4. The van der Waals surface area contributed by atoms with E-state index in [0.717, 1.165) is 37.9 Å². The van der Waals surface area contributed by atoms with Crippen molar-refractivity contribution in [3.05, 3.63) is 52.2 Å². The highest BCUT2D eigenvalue weighted by atomic mass is 35.5. The predicted molar refractivity (Wildman–Crippen MR) is 79.8 cm³/mol. The summed E-state index contributed by atoms with van der Waals surface area (Å²) in [4.78, 5) is 12.8. The van der Waals surface area contributed by atoms with Gasteiger partial charge in [0.1, 0.15) is 5.82 Å². The van der Waals surface area contributed by atoms with Crippen molar-refractivity contribution in [2.75, 3.05) is 0 Å². The molecular weight excluding hydrogens is 286 g/mol. The van der Waals surface area contributed by atoms with Gasteiger partial charge in [-0.1, -0.05) is 30.3 Å². The number of rotatable bonds is 2. The van der Waals surface area contributed by atoms with Gasteiger partial charge in [0.2, 0.25) is 0 Å². The molecule has 1 atom stereocenters. The van der Waals surface area contributed by atoms with Crippen molar-refractivity contribution in [1.29, 1.82) is 0 Å². The molecule has 0 spiro atoms. The molecule has 6 rings (SSSR count). The van der Waals surface area contributed by atoms with E-state index >= 15 is 0 Å². The van der Waals surface area contributed by atoms with Gasteiger partial charge in [-0.3, -0.25) is 4.57 Å². The van der Waals surface area contributed by atoms with E-state index in [-0.39, 0.29) is 22.1 Å². The van der Waals surface area contributed by atoms with Crippen molar-refractivity contribution in [3.63, 3.8) is 0 Å². The molecule has 5 heteroatoms. The average Bonchev–Trinajstić information content (AvgIpc) is 2.96. The number of hydrogen-bond donors (Lipinski definition) is 0. The molecule has 2 bridgehead atoms. The van der Waals surface area contributed by atoms with Crippen molar-refractivity contribution in [2.24, 2.45) is 0 Å². The van der Waals surface area contributed by atoms with Crippen LogP contribution in [0.15, 0.2) is 35.1 Å². The second kappa shape index (κ2) is 3.61. The van der Waals surface area contributed by atoms with Gasteiger partial charge in [0.05, 0.1) is 16.5 Å². The summed E-state index contributed by atoms with van der Waals surface area (Å²) in [6.45, 7) is 0. The van der Waals surface area contributed by atoms with Gasteiger partial charge in [-0.25, -0.2) is 9.48 Å². The third kappa shape index (κ3) is 1.41. The topological polar surface area (TPSA) is 39.8 Å². The molecule has 3 fully saturated rings. The average molecular weight is 302 g/mol. The number of hydrogen-bond acceptors (Lipinski definition) is 2. The normalized spacial score (nSPS) is 36.0. The molecular formula is C16H16ClN3O. The van der Waals surface area contributed by atoms with Gasteiger partial charge < -0.3 is 0 Å². The molecule has 1 aromatic heterocycles. The number of benzene rings is 1. The number of halogens is 1. The van der Waals surface area contributed by atoms with Crippen molar-refractivity contribution in [3.8, 4) is 0 Å². The van der Waals surface area contributed by atoms with Crippen LogP contribution in [0.2, 0.25) is 0 Å². The largest absolute Gasteiger partial charge is 0.347 e. The molecule has 4 nitrogen and oxygen atoms in total. The van der Waals surface area contributed by atoms with E-state index in [0.29, 0.717) is 0 Å². The fraction of sp³-hybridized carbons (Fsp3) is 0.500. The second-order valence-corrected chi connectivity index (χ2v) is 7.65. The highest BCUT2D eigenvalue weighted by Gasteiger charge is 2.70. The summed E-state index contributed by atoms with van der Waals surface area (Å²) in [5.41, 5.74) is 1.18. The first-order valence-electron chi connectivity index (χ1n) is 7.55. The molecule has 2 heterocycles. The minimum absolute atomic E-state index is 0.0354. The summed E-state index contributed by atoms with van der Waals surface area (Å²) < 4.78 is 3.64. The summed E-state index contributed by atoms with van der Waals surface area (Å²) in [5, 5.41) is 4.64. The lowest BCUT2D eigenvalue weighted by atomic mass is 9.49. The molecule has 0 radical (unpaired) electrons. The molecule has 0 N–H and O–H groups in total. The van der Waals surface area contributed by atoms with Crippen LogP contribution in [0.25, 0.3) is 0 Å². The SMILES string of the molecule is O=c1n(C23CC(Cl)(C2)C3)nc2n1[C@H](c1ccccc1)CC2. The van der Waals surface area contributed by atoms with Gasteiger partial charge in [0.15, 0.2) is 0 Å². The molecule has 2 aromatic rings. The summed E-state index contributed by atoms with van der Waals surface area (Å²) in [7, 11) is 0. The van der Waals surface area contributed by atoms with Crippen molar-refractivity contribution in [2.45, 2.75) is 48.6 Å². The van der Waals surface area contributed by atoms with Crippen LogP contribution in [0.3, 0.4) is 0 Å². The van der Waals surface area contributed by atoms with Gasteiger partial charge in [-0.2, -0.15) is 5.10 Å². The van der Waals surface area contributed by atoms with Crippen molar-refractivity contribution in [1.82, 2.24) is 14.3 Å². The molecule has 0 unspecified atom stereocenters. The van der Waals surface area contributed by atoms with Gasteiger partial charge in [0, 0.05) is 6.42 Å². The van der Waals surface area contributed by atoms with Crippen LogP contribution in [0.1, 0.15) is 43.1 Å². The minimum atomic E-state index is -0.0720. The molecule has 1 aromatic carbocycles. The number of fused-ring (bicyclic) bond motifs is 1. The Labute approximate surface area is 127 Å². The monoisotopic (exact) mass is 301 g/mol. The zero-order chi connectivity index (χ0) is 14.2. The van der Waals surface area contributed by atoms with Crippen molar-refractivity contribution >= 4 is 11.6 Å². The lowest BCUT2D eigenvalue weighted by Gasteiger charge is -2.66. The molecule has 21 heavy (non-hydrogen) atoms. The Morgan fingerprint density at radius 1 is 1.19 bits per heavy atom. The quantitative estimate of drug-likeness (QED) is 0.799. The molecule has 3 saturated carbocycles. The molecule has 1 aliphatic heterocycles. The van der Waals surface area contributed by atoms with E-state index in [9.17, 15) is 4.79 Å². The van der Waals surface area contributed by atoms with Crippen molar-refractivity contribution < 1.29 is 0 Å². The smallest absolute Gasteiger partial charge is 0.271 e. The first kappa shape index (κ1) is 12.0. The maximum atomic E-state index is 12.8. The van der Waals surface area contributed by atoms with E-state index in [1.807, 2.05) is 22.8 Å². The Morgan fingerprint density at radius 3 is 2.57 bits per heavy atom. The van der Waals surface area contributed by atoms with Crippen LogP contribution in [0, 0.1) is 0 Å². The fourth-order valence-electron chi connectivity index (χ4n) is 4.44. The highest BCUT2D eigenvalue weighted by Crippen LogP contribution is 2.68. The molecule has 0 saturated heterocycles. The highest BCUT2D eigenvalue weighted by molar-refractivity contribution is 6.26. The summed E-state index contributed by atoms with van der Waals surface area (Å²) in [6.07, 6.45) is 4.54. The second-order valence-electron chi connectivity index (χ2n) is 6.85. The number of aryl methyl sites for hydroxylation is 1. The van der Waals surface area contributed by atoms with E-state index in [1.165, 1.54) is 5.56 Å². The minimum Gasteiger partial charge on any atom is -0.271 e. The number of nitrogens with zero attached hydrogens (tertiary/aromatic N) is 3. The number of aromatic nitrogens is 3. The lowest BCUT2D eigenvalue weighted by molar-refractivity contribution is -0.0769. The Hall–Kier alpha value is -1.55. The maximum absolute atomic E-state index is 12.8. The maximum Gasteiger partial charge on any atom is 0.347 e. The Morgan fingerprint density at radius 2 is 1.90 bits per heavy atom. The first-order chi connectivity index (χ1) is 10.1. The standard InChI is InChI=1S/C16H16ClN3O/c17-15-8-16(9-15,10-15)20-14(21)19-12(6-7-13(19)18-20)11-4-2-1-3-5-11/h1-5,12H,6-10H2/t12-,15?,16?/m0/s1. The van der Waals surface area contributed by atoms with Gasteiger partial charge in [0.25, 0.3) is 0 Å². The Bertz CT molecular complexity index is 772. The van der Waals surface area contributed by atoms with E-state index in [2.05, 4.69) is 17.2 Å². The lowest BCUT2D eigenvalue weighted by Crippen LogP contribution is -2.71. The Balaban J connectivity index is 1.59. The van der Waals surface area contributed by atoms with E-state index < -0.39 is 0 Å². The predicted octanol–water partition coefficient (Wildman–Crippen LogP) is 2.45. The van der Waals surface area contributed by atoms with Crippen LogP contribution in [0.4, 0.5) is 0 Å². The fourth-order valence-corrected chi connectivity index (χ4v) is 5.18. The zero-order valence-corrected chi connectivity index (χ0v) is 12.4. The first-order valence-corrected chi connectivity index (χ1v) is 7.93. The third-order valence-corrected chi connectivity index (χ3v) is 5.81. The third-order valence-electron chi connectivity index (χ3n) is 5.41. The molecule has 3 aliphatic carbocycles. The van der Waals surface area contributed by atoms with E-state index in [1.54, 1.807) is 4.68 Å². The van der Waals surface area contributed by atoms with Crippen LogP contribution < -0.4 is 5.69 Å². The summed E-state index contributed by atoms with van der Waals surface area (Å²) in [5.74, 6) is 0.933. The van der Waals surface area contributed by atoms with Crippen LogP contribution in [-0.4, -0.2) is 19.2 Å². The Kier molecular flexibility index (Phi) is 2.07. The van der Waals surface area contributed by atoms with Crippen LogP contribution >= 0.6 is 11.6 Å². The van der Waals surface area contributed by atoms with Gasteiger partial charge in [-0.05, 0) is 31.2 Å². The van der Waals surface area contributed by atoms with Crippen LogP contribution in [-0.2, 0) is 12.0 Å². The molecule has 108 valence electrons. The zero-order valence-electron chi connectivity index (χ0n) is 11.6.